The Morgan fingerprint density at radius 2 is 1.88 bits per heavy atom. The number of piperidine rings is 1. The molecule has 1 amide bonds. The maximum Gasteiger partial charge on any atom is 0.417 e. The average molecular weight is 375 g/mol. The van der Waals surface area contributed by atoms with Crippen LogP contribution in [0.1, 0.15) is 48.5 Å². The molecule has 1 fully saturated rings. The van der Waals surface area contributed by atoms with E-state index in [1.807, 2.05) is 6.92 Å². The molecular formula is C18H21F4NO3. The molecular weight excluding hydrogens is 354 g/mol. The monoisotopic (exact) mass is 375 g/mol. The molecule has 0 aliphatic carbocycles. The summed E-state index contributed by atoms with van der Waals surface area (Å²) in [6, 6.07) is 2.45. The second kappa shape index (κ2) is 8.51. The summed E-state index contributed by atoms with van der Waals surface area (Å²) in [5.41, 5.74) is -2.26. The minimum absolute atomic E-state index is 0.0814. The van der Waals surface area contributed by atoms with Crippen molar-refractivity contribution >= 4 is 11.9 Å². The van der Waals surface area contributed by atoms with Crippen LogP contribution in [0.25, 0.3) is 0 Å². The maximum atomic E-state index is 13.9. The lowest BCUT2D eigenvalue weighted by Crippen LogP contribution is -2.41. The van der Waals surface area contributed by atoms with E-state index in [1.54, 1.807) is 0 Å². The quantitative estimate of drug-likeness (QED) is 0.443. The van der Waals surface area contributed by atoms with E-state index in [4.69, 9.17) is 4.74 Å². The fraction of sp³-hybridized carbons (Fsp3) is 0.556. The third-order valence-electron chi connectivity index (χ3n) is 4.39. The van der Waals surface area contributed by atoms with Gasteiger partial charge in [-0.3, -0.25) is 9.59 Å². The Kier molecular flexibility index (Phi) is 6.61. The zero-order valence-corrected chi connectivity index (χ0v) is 14.4. The molecule has 26 heavy (non-hydrogen) atoms. The number of hydrogen-bond acceptors (Lipinski definition) is 3. The highest BCUT2D eigenvalue weighted by Crippen LogP contribution is 2.34. The van der Waals surface area contributed by atoms with Crippen molar-refractivity contribution in [2.45, 2.75) is 38.8 Å². The molecule has 144 valence electrons. The number of carbonyl (C=O) groups is 2. The first-order chi connectivity index (χ1) is 12.3. The van der Waals surface area contributed by atoms with Gasteiger partial charge in [0.2, 0.25) is 0 Å². The number of unbranched alkanes of at least 4 members (excludes halogenated alkanes) is 1. The summed E-state index contributed by atoms with van der Waals surface area (Å²) in [7, 11) is 0. The highest BCUT2D eigenvalue weighted by atomic mass is 19.4. The van der Waals surface area contributed by atoms with Crippen molar-refractivity contribution in [3.05, 3.63) is 35.1 Å². The van der Waals surface area contributed by atoms with Gasteiger partial charge in [-0.25, -0.2) is 4.39 Å². The number of amides is 1. The van der Waals surface area contributed by atoms with Gasteiger partial charge in [0, 0.05) is 13.1 Å². The molecule has 1 heterocycles. The number of alkyl halides is 3. The first kappa shape index (κ1) is 20.2. The van der Waals surface area contributed by atoms with Gasteiger partial charge in [0.05, 0.1) is 23.7 Å². The lowest BCUT2D eigenvalue weighted by molar-refractivity contribution is -0.150. The first-order valence-corrected chi connectivity index (χ1v) is 8.57. The van der Waals surface area contributed by atoms with E-state index in [0.717, 1.165) is 29.9 Å². The summed E-state index contributed by atoms with van der Waals surface area (Å²) in [4.78, 5) is 25.5. The van der Waals surface area contributed by atoms with Crippen LogP contribution in [-0.4, -0.2) is 36.5 Å². The van der Waals surface area contributed by atoms with Crippen LogP contribution in [0.2, 0.25) is 0 Å². The number of rotatable bonds is 5. The molecule has 0 atom stereocenters. The standard InChI is InChI=1S/C18H21F4NO3/c1-2-3-11-26-17(25)12-7-9-23(10-8-12)16(24)15-13(18(20,21)22)5-4-6-14(15)19/h4-6,12H,2-3,7-11H2,1H3. The van der Waals surface area contributed by atoms with E-state index in [9.17, 15) is 27.2 Å². The van der Waals surface area contributed by atoms with Crippen LogP contribution in [0.4, 0.5) is 17.6 Å². The molecule has 0 unspecified atom stereocenters. The van der Waals surface area contributed by atoms with Gasteiger partial charge in [-0.05, 0) is 31.4 Å². The number of halogens is 4. The van der Waals surface area contributed by atoms with Crippen molar-refractivity contribution in [3.8, 4) is 0 Å². The molecule has 2 rings (SSSR count). The molecule has 0 bridgehead atoms. The zero-order valence-electron chi connectivity index (χ0n) is 14.4. The summed E-state index contributed by atoms with van der Waals surface area (Å²) in [6.07, 6.45) is -2.60. The molecule has 0 N–H and O–H groups in total. The fourth-order valence-electron chi connectivity index (χ4n) is 2.89. The molecule has 0 spiro atoms. The predicted molar refractivity (Wildman–Crippen MR) is 85.9 cm³/mol. The lowest BCUT2D eigenvalue weighted by Gasteiger charge is -2.31. The number of likely N-dealkylation sites (tertiary alicyclic amines) is 1. The summed E-state index contributed by atoms with van der Waals surface area (Å²) in [5, 5.41) is 0. The summed E-state index contributed by atoms with van der Waals surface area (Å²) >= 11 is 0. The largest absolute Gasteiger partial charge is 0.465 e. The van der Waals surface area contributed by atoms with E-state index in [0.29, 0.717) is 12.7 Å². The maximum absolute atomic E-state index is 13.9. The first-order valence-electron chi connectivity index (χ1n) is 8.57. The van der Waals surface area contributed by atoms with E-state index in [-0.39, 0.29) is 31.9 Å². The topological polar surface area (TPSA) is 46.6 Å². The van der Waals surface area contributed by atoms with Gasteiger partial charge in [-0.2, -0.15) is 13.2 Å². The Morgan fingerprint density at radius 1 is 1.23 bits per heavy atom. The molecule has 0 radical (unpaired) electrons. The number of benzene rings is 1. The van der Waals surface area contributed by atoms with Crippen LogP contribution in [0.5, 0.6) is 0 Å². The Labute approximate surface area is 149 Å². The van der Waals surface area contributed by atoms with E-state index < -0.39 is 34.9 Å². The van der Waals surface area contributed by atoms with Gasteiger partial charge in [-0.15, -0.1) is 0 Å². The number of carbonyl (C=O) groups excluding carboxylic acids is 2. The number of hydrogen-bond donors (Lipinski definition) is 0. The smallest absolute Gasteiger partial charge is 0.417 e. The van der Waals surface area contributed by atoms with Gasteiger partial charge >= 0.3 is 12.1 Å². The van der Waals surface area contributed by atoms with Crippen LogP contribution in [0.15, 0.2) is 18.2 Å². The molecule has 1 saturated heterocycles. The van der Waals surface area contributed by atoms with Crippen LogP contribution in [-0.2, 0) is 15.7 Å². The average Bonchev–Trinajstić information content (AvgIpc) is 2.60. The lowest BCUT2D eigenvalue weighted by atomic mass is 9.95. The predicted octanol–water partition coefficient (Wildman–Crippen LogP) is 4.04. The van der Waals surface area contributed by atoms with Crippen molar-refractivity contribution in [1.82, 2.24) is 4.90 Å². The van der Waals surface area contributed by atoms with Gasteiger partial charge in [-0.1, -0.05) is 19.4 Å². The Hall–Kier alpha value is -2.12. The number of ether oxygens (including phenoxy) is 1. The zero-order chi connectivity index (χ0) is 19.3. The van der Waals surface area contributed by atoms with Gasteiger partial charge < -0.3 is 9.64 Å². The van der Waals surface area contributed by atoms with E-state index >= 15 is 0 Å². The van der Waals surface area contributed by atoms with Crippen molar-refractivity contribution in [3.63, 3.8) is 0 Å². The molecule has 1 aromatic rings. The summed E-state index contributed by atoms with van der Waals surface area (Å²) < 4.78 is 58.3. The van der Waals surface area contributed by atoms with Gasteiger partial charge in [0.1, 0.15) is 5.82 Å². The molecule has 8 heteroatoms. The minimum Gasteiger partial charge on any atom is -0.465 e. The van der Waals surface area contributed by atoms with Crippen LogP contribution in [0.3, 0.4) is 0 Å². The molecule has 1 aliphatic heterocycles. The molecule has 0 saturated carbocycles. The van der Waals surface area contributed by atoms with Crippen LogP contribution >= 0.6 is 0 Å². The highest BCUT2D eigenvalue weighted by Gasteiger charge is 2.39. The third kappa shape index (κ3) is 4.74. The molecule has 0 aromatic heterocycles. The van der Waals surface area contributed by atoms with Crippen LogP contribution < -0.4 is 0 Å². The Bertz CT molecular complexity index is 652. The molecule has 1 aliphatic rings. The Morgan fingerprint density at radius 3 is 2.46 bits per heavy atom. The minimum atomic E-state index is -4.82. The second-order valence-electron chi connectivity index (χ2n) is 6.25. The number of esters is 1. The fourth-order valence-corrected chi connectivity index (χ4v) is 2.89. The van der Waals surface area contributed by atoms with Crippen molar-refractivity contribution < 1.29 is 31.9 Å². The second-order valence-corrected chi connectivity index (χ2v) is 6.25. The normalized spacial score (nSPS) is 15.8. The Balaban J connectivity index is 2.04. The summed E-state index contributed by atoms with van der Waals surface area (Å²) in [5.74, 6) is -2.95. The van der Waals surface area contributed by atoms with E-state index in [1.165, 1.54) is 0 Å². The number of nitrogens with zero attached hydrogens (tertiary/aromatic N) is 1. The van der Waals surface area contributed by atoms with Crippen molar-refractivity contribution in [2.75, 3.05) is 19.7 Å². The molecule has 4 nitrogen and oxygen atoms in total. The van der Waals surface area contributed by atoms with Gasteiger partial charge in [0.15, 0.2) is 0 Å². The van der Waals surface area contributed by atoms with Crippen LogP contribution in [0, 0.1) is 11.7 Å². The molecule has 1 aromatic carbocycles. The van der Waals surface area contributed by atoms with Gasteiger partial charge in [0.25, 0.3) is 5.91 Å². The summed E-state index contributed by atoms with van der Waals surface area (Å²) in [6.45, 7) is 2.46. The SMILES string of the molecule is CCCCOC(=O)C1CCN(C(=O)c2c(F)cccc2C(F)(F)F)CC1. The third-order valence-corrected chi connectivity index (χ3v) is 4.39. The van der Waals surface area contributed by atoms with E-state index in [2.05, 4.69) is 0 Å². The highest BCUT2D eigenvalue weighted by molar-refractivity contribution is 5.96. The van der Waals surface area contributed by atoms with Crippen molar-refractivity contribution in [2.24, 2.45) is 5.92 Å². The van der Waals surface area contributed by atoms with Crippen molar-refractivity contribution in [1.29, 1.82) is 0 Å².